The lowest BCUT2D eigenvalue weighted by atomic mass is 10.0. The summed E-state index contributed by atoms with van der Waals surface area (Å²) in [4.78, 5) is 8.25. The van der Waals surface area contributed by atoms with Gasteiger partial charge in [0.2, 0.25) is 0 Å². The molecule has 0 heterocycles. The van der Waals surface area contributed by atoms with E-state index in [2.05, 4.69) is 27.7 Å². The molecule has 0 aromatic rings. The van der Waals surface area contributed by atoms with Crippen molar-refractivity contribution in [3.05, 3.63) is 15.3 Å². The van der Waals surface area contributed by atoms with E-state index < -0.39 is 5.09 Å². The van der Waals surface area contributed by atoms with Crippen molar-refractivity contribution >= 4 is 0 Å². The SMILES string of the molecule is CCCCCCCCCCCCCCCC[N+](CCC)(CCC)CCCCCCCCCCCCCCCC.O=[N+]([O-])[O-]. The molecule has 0 N–H and O–H groups in total. The Morgan fingerprint density at radius 3 is 0.698 bits per heavy atom. The highest BCUT2D eigenvalue weighted by Gasteiger charge is 2.24. The van der Waals surface area contributed by atoms with E-state index in [1.165, 1.54) is 223 Å². The van der Waals surface area contributed by atoms with Crippen LogP contribution < -0.4 is 0 Å². The second-order valence-corrected chi connectivity index (χ2v) is 13.7. The first-order chi connectivity index (χ1) is 21.0. The fourth-order valence-electron chi connectivity index (χ4n) is 6.90. The molecule has 0 amide bonds. The number of quaternary nitrogens is 1. The summed E-state index contributed by atoms with van der Waals surface area (Å²) in [6, 6.07) is 0. The largest absolute Gasteiger partial charge is 0.356 e. The van der Waals surface area contributed by atoms with Crippen molar-refractivity contribution in [3.63, 3.8) is 0 Å². The lowest BCUT2D eigenvalue weighted by Gasteiger charge is -2.39. The molecule has 5 heteroatoms. The van der Waals surface area contributed by atoms with Gasteiger partial charge in [-0.15, -0.1) is 0 Å². The van der Waals surface area contributed by atoms with Crippen molar-refractivity contribution < 1.29 is 9.57 Å². The molecule has 0 aliphatic carbocycles. The molecule has 0 rings (SSSR count). The van der Waals surface area contributed by atoms with Crippen LogP contribution in [0.15, 0.2) is 0 Å². The van der Waals surface area contributed by atoms with Crippen LogP contribution in [0.3, 0.4) is 0 Å². The highest BCUT2D eigenvalue weighted by Crippen LogP contribution is 2.19. The van der Waals surface area contributed by atoms with E-state index in [9.17, 15) is 0 Å². The van der Waals surface area contributed by atoms with E-state index in [1.54, 1.807) is 0 Å². The summed E-state index contributed by atoms with van der Waals surface area (Å²) in [6.07, 6.45) is 43.9. The molecular weight excluding hydrogens is 532 g/mol. The summed E-state index contributed by atoms with van der Waals surface area (Å²) in [5.74, 6) is 0. The van der Waals surface area contributed by atoms with Gasteiger partial charge in [0.25, 0.3) is 0 Å². The molecule has 0 spiro atoms. The van der Waals surface area contributed by atoms with Gasteiger partial charge in [-0.05, 0) is 38.5 Å². The molecule has 0 unspecified atom stereocenters. The Labute approximate surface area is 271 Å². The first-order valence-electron chi connectivity index (χ1n) is 19.6. The van der Waals surface area contributed by atoms with Gasteiger partial charge in [0, 0.05) is 0 Å². The number of rotatable bonds is 34. The van der Waals surface area contributed by atoms with Crippen LogP contribution >= 0.6 is 0 Å². The van der Waals surface area contributed by atoms with E-state index in [0.717, 1.165) is 0 Å². The third kappa shape index (κ3) is 37.3. The van der Waals surface area contributed by atoms with Gasteiger partial charge in [-0.25, -0.2) is 0 Å². The molecule has 0 bridgehead atoms. The second-order valence-electron chi connectivity index (χ2n) is 13.7. The van der Waals surface area contributed by atoms with E-state index in [0.29, 0.717) is 0 Å². The van der Waals surface area contributed by atoms with E-state index in [4.69, 9.17) is 15.3 Å². The van der Waals surface area contributed by atoms with Crippen LogP contribution in [0.1, 0.15) is 220 Å². The molecule has 0 aliphatic rings. The fraction of sp³-hybridized carbons (Fsp3) is 1.00. The Hall–Kier alpha value is -0.840. The van der Waals surface area contributed by atoms with Crippen molar-refractivity contribution in [3.8, 4) is 0 Å². The van der Waals surface area contributed by atoms with Crippen LogP contribution in [0.4, 0.5) is 0 Å². The molecule has 0 aliphatic heterocycles. The minimum absolute atomic E-state index is 1.36. The van der Waals surface area contributed by atoms with Gasteiger partial charge < -0.3 is 19.8 Å². The summed E-state index contributed by atoms with van der Waals surface area (Å²) in [5.41, 5.74) is 0. The molecule has 0 atom stereocenters. The van der Waals surface area contributed by atoms with Crippen molar-refractivity contribution in [1.29, 1.82) is 0 Å². The number of unbranched alkanes of at least 4 members (excludes halogenated alkanes) is 26. The van der Waals surface area contributed by atoms with Gasteiger partial charge in [-0.3, -0.25) is 0 Å². The second kappa shape index (κ2) is 37.3. The fourth-order valence-corrected chi connectivity index (χ4v) is 6.90. The molecular formula is C38H80N2O3. The topological polar surface area (TPSA) is 66.2 Å². The first kappa shape index (κ1) is 44.3. The van der Waals surface area contributed by atoms with E-state index >= 15 is 0 Å². The van der Waals surface area contributed by atoms with Crippen molar-refractivity contribution in [1.82, 2.24) is 0 Å². The normalized spacial score (nSPS) is 11.4. The summed E-state index contributed by atoms with van der Waals surface area (Å²) in [7, 11) is 0. The zero-order chi connectivity index (χ0) is 32.1. The Kier molecular flexibility index (Phi) is 38.5. The maximum atomic E-state index is 8.25. The number of hydrogen-bond acceptors (Lipinski definition) is 3. The minimum Gasteiger partial charge on any atom is -0.356 e. The smallest absolute Gasteiger partial charge is 0.0786 e. The molecule has 0 saturated heterocycles. The van der Waals surface area contributed by atoms with Gasteiger partial charge in [0.1, 0.15) is 0 Å². The van der Waals surface area contributed by atoms with Crippen LogP contribution in [0.25, 0.3) is 0 Å². The molecule has 0 aromatic carbocycles. The predicted octanol–water partition coefficient (Wildman–Crippen LogP) is 13.3. The molecule has 5 nitrogen and oxygen atoms in total. The van der Waals surface area contributed by atoms with Crippen LogP contribution in [0.5, 0.6) is 0 Å². The van der Waals surface area contributed by atoms with Crippen LogP contribution in [0.2, 0.25) is 0 Å². The Morgan fingerprint density at radius 2 is 0.512 bits per heavy atom. The zero-order valence-corrected chi connectivity index (χ0v) is 30.2. The van der Waals surface area contributed by atoms with Crippen LogP contribution in [-0.2, 0) is 0 Å². The van der Waals surface area contributed by atoms with Crippen molar-refractivity contribution in [2.24, 2.45) is 0 Å². The van der Waals surface area contributed by atoms with Gasteiger partial charge in [0.05, 0.1) is 31.3 Å². The standard InChI is InChI=1S/C38H80N.NO3/c1-5-9-11-13-15-17-19-21-23-25-27-29-31-33-37-39(35-7-3,36-8-4)38-34-32-30-28-26-24-22-20-18-16-14-12-10-6-2;2-1(3)4/h5-38H2,1-4H3;/q+1;-1. The minimum atomic E-state index is -1.75. The average Bonchev–Trinajstić information content (AvgIpc) is 2.97. The zero-order valence-electron chi connectivity index (χ0n) is 30.2. The highest BCUT2D eigenvalue weighted by molar-refractivity contribution is 4.54. The van der Waals surface area contributed by atoms with Crippen LogP contribution in [0, 0.1) is 15.3 Å². The lowest BCUT2D eigenvalue weighted by Crippen LogP contribution is -2.50. The van der Waals surface area contributed by atoms with Gasteiger partial charge in [-0.2, -0.15) is 0 Å². The Bertz CT molecular complexity index is 485. The maximum absolute atomic E-state index is 8.25. The summed E-state index contributed by atoms with van der Waals surface area (Å²) >= 11 is 0. The molecule has 0 aromatic heterocycles. The predicted molar refractivity (Wildman–Crippen MR) is 191 cm³/mol. The Morgan fingerprint density at radius 1 is 0.326 bits per heavy atom. The van der Waals surface area contributed by atoms with Crippen molar-refractivity contribution in [2.45, 2.75) is 220 Å². The monoisotopic (exact) mass is 613 g/mol. The number of hydrogen-bond donors (Lipinski definition) is 0. The van der Waals surface area contributed by atoms with Crippen molar-refractivity contribution in [2.75, 3.05) is 26.2 Å². The third-order valence-electron chi connectivity index (χ3n) is 9.37. The van der Waals surface area contributed by atoms with Gasteiger partial charge >= 0.3 is 0 Å². The summed E-state index contributed by atoms with van der Waals surface area (Å²) in [5, 5.41) is 14.8. The lowest BCUT2D eigenvalue weighted by molar-refractivity contribution is -0.928. The van der Waals surface area contributed by atoms with Gasteiger partial charge in [-0.1, -0.05) is 182 Å². The third-order valence-corrected chi connectivity index (χ3v) is 9.37. The molecule has 0 saturated carbocycles. The molecule has 0 fully saturated rings. The highest BCUT2D eigenvalue weighted by atomic mass is 16.9. The van der Waals surface area contributed by atoms with E-state index in [1.807, 2.05) is 0 Å². The maximum Gasteiger partial charge on any atom is 0.0786 e. The molecule has 43 heavy (non-hydrogen) atoms. The quantitative estimate of drug-likeness (QED) is 0.0314. The first-order valence-corrected chi connectivity index (χ1v) is 19.6. The summed E-state index contributed by atoms with van der Waals surface area (Å²) in [6.45, 7) is 15.2. The molecule has 0 radical (unpaired) electrons. The Balaban J connectivity index is 0. The van der Waals surface area contributed by atoms with E-state index in [-0.39, 0.29) is 0 Å². The average molecular weight is 613 g/mol. The molecule has 260 valence electrons. The summed E-state index contributed by atoms with van der Waals surface area (Å²) < 4.78 is 1.43. The number of nitrogens with zero attached hydrogens (tertiary/aromatic N) is 2. The van der Waals surface area contributed by atoms with Crippen LogP contribution in [-0.4, -0.2) is 35.7 Å². The van der Waals surface area contributed by atoms with Gasteiger partial charge in [0.15, 0.2) is 0 Å².